The van der Waals surface area contributed by atoms with Crippen molar-refractivity contribution in [3.63, 3.8) is 0 Å². The quantitative estimate of drug-likeness (QED) is 0.878. The van der Waals surface area contributed by atoms with Crippen LogP contribution in [0.15, 0.2) is 30.6 Å². The molecule has 1 aromatic carbocycles. The third kappa shape index (κ3) is 3.88. The lowest BCUT2D eigenvalue weighted by atomic mass is 10.0. The minimum Gasteiger partial charge on any atom is -0.325 e. The number of carbonyl (C=O) groups is 1. The maximum Gasteiger partial charge on any atom is 0.241 e. The first kappa shape index (κ1) is 15.2. The average molecular weight is 287 g/mol. The van der Waals surface area contributed by atoms with E-state index in [9.17, 15) is 4.79 Å². The van der Waals surface area contributed by atoms with Crippen LogP contribution in [0.5, 0.6) is 0 Å². The van der Waals surface area contributed by atoms with Gasteiger partial charge in [-0.3, -0.25) is 4.79 Å². The highest BCUT2D eigenvalue weighted by Gasteiger charge is 2.15. The molecular formula is C15H21N5O. The zero-order valence-electron chi connectivity index (χ0n) is 12.6. The summed E-state index contributed by atoms with van der Waals surface area (Å²) in [5, 5.41) is 10.8. The van der Waals surface area contributed by atoms with Gasteiger partial charge in [-0.15, -0.1) is 10.2 Å². The maximum absolute atomic E-state index is 12.0. The summed E-state index contributed by atoms with van der Waals surface area (Å²) in [6.45, 7) is 4.09. The molecule has 6 heteroatoms. The molecule has 6 nitrogen and oxygen atoms in total. The van der Waals surface area contributed by atoms with Crippen LogP contribution in [-0.2, 0) is 11.8 Å². The Morgan fingerprint density at radius 1 is 1.43 bits per heavy atom. The van der Waals surface area contributed by atoms with Crippen molar-refractivity contribution in [1.29, 1.82) is 0 Å². The topological polar surface area (TPSA) is 85.8 Å². The number of hydrogen-bond acceptors (Lipinski definition) is 4. The van der Waals surface area contributed by atoms with E-state index in [4.69, 9.17) is 5.73 Å². The third-order valence-corrected chi connectivity index (χ3v) is 3.16. The van der Waals surface area contributed by atoms with Crippen LogP contribution in [0.4, 0.5) is 5.69 Å². The van der Waals surface area contributed by atoms with Gasteiger partial charge in [0, 0.05) is 18.3 Å². The lowest BCUT2D eigenvalue weighted by molar-refractivity contribution is -0.117. The van der Waals surface area contributed by atoms with E-state index in [0.29, 0.717) is 18.0 Å². The van der Waals surface area contributed by atoms with Crippen LogP contribution in [0.25, 0.3) is 11.4 Å². The summed E-state index contributed by atoms with van der Waals surface area (Å²) in [4.78, 5) is 12.0. The summed E-state index contributed by atoms with van der Waals surface area (Å²) in [7, 11) is 1.87. The molecule has 1 aromatic heterocycles. The van der Waals surface area contributed by atoms with E-state index in [0.717, 1.165) is 11.4 Å². The molecule has 3 N–H and O–H groups in total. The number of nitrogens with zero attached hydrogens (tertiary/aromatic N) is 3. The van der Waals surface area contributed by atoms with Gasteiger partial charge in [0.05, 0.1) is 6.04 Å². The molecule has 0 aliphatic carbocycles. The van der Waals surface area contributed by atoms with E-state index in [-0.39, 0.29) is 5.91 Å². The van der Waals surface area contributed by atoms with Gasteiger partial charge < -0.3 is 15.6 Å². The van der Waals surface area contributed by atoms with Crippen molar-refractivity contribution in [1.82, 2.24) is 14.8 Å². The summed E-state index contributed by atoms with van der Waals surface area (Å²) in [6, 6.07) is 6.99. The van der Waals surface area contributed by atoms with Gasteiger partial charge in [0.1, 0.15) is 6.33 Å². The second kappa shape index (κ2) is 6.49. The number of amides is 1. The zero-order valence-corrected chi connectivity index (χ0v) is 12.6. The van der Waals surface area contributed by atoms with Crippen LogP contribution >= 0.6 is 0 Å². The Kier molecular flexibility index (Phi) is 4.70. The Morgan fingerprint density at radius 2 is 2.19 bits per heavy atom. The summed E-state index contributed by atoms with van der Waals surface area (Å²) >= 11 is 0. The van der Waals surface area contributed by atoms with Crippen LogP contribution in [0.2, 0.25) is 0 Å². The minimum absolute atomic E-state index is 0.168. The van der Waals surface area contributed by atoms with Gasteiger partial charge in [0.25, 0.3) is 0 Å². The van der Waals surface area contributed by atoms with E-state index in [1.807, 2.05) is 49.7 Å². The second-order valence-electron chi connectivity index (χ2n) is 5.57. The molecule has 0 saturated heterocycles. The molecule has 0 aliphatic heterocycles. The molecule has 0 saturated carbocycles. The predicted octanol–water partition coefficient (Wildman–Crippen LogP) is 1.79. The van der Waals surface area contributed by atoms with Crippen molar-refractivity contribution in [3.8, 4) is 11.4 Å². The molecule has 0 aliphatic rings. The minimum atomic E-state index is -0.497. The fraction of sp³-hybridized carbons (Fsp3) is 0.400. The molecule has 112 valence electrons. The van der Waals surface area contributed by atoms with E-state index in [1.165, 1.54) is 0 Å². The van der Waals surface area contributed by atoms with Crippen molar-refractivity contribution in [2.75, 3.05) is 5.32 Å². The van der Waals surface area contributed by atoms with E-state index >= 15 is 0 Å². The van der Waals surface area contributed by atoms with Crippen LogP contribution < -0.4 is 11.1 Å². The van der Waals surface area contributed by atoms with Gasteiger partial charge >= 0.3 is 0 Å². The number of rotatable bonds is 5. The number of nitrogens with one attached hydrogen (secondary N) is 1. The van der Waals surface area contributed by atoms with Gasteiger partial charge in [-0.2, -0.15) is 0 Å². The summed E-state index contributed by atoms with van der Waals surface area (Å²) in [5.41, 5.74) is 7.49. The average Bonchev–Trinajstić information content (AvgIpc) is 2.84. The number of anilines is 1. The molecule has 1 amide bonds. The predicted molar refractivity (Wildman–Crippen MR) is 82.5 cm³/mol. The SMILES string of the molecule is CC(C)C[C@@H](N)C(=O)Nc1cccc(-c2nncn2C)c1. The molecule has 0 radical (unpaired) electrons. The molecule has 1 atom stereocenters. The van der Waals surface area contributed by atoms with Gasteiger partial charge in [0.15, 0.2) is 5.82 Å². The Labute approximate surface area is 124 Å². The van der Waals surface area contributed by atoms with E-state index in [1.54, 1.807) is 6.33 Å². The van der Waals surface area contributed by atoms with Crippen molar-refractivity contribution < 1.29 is 4.79 Å². The van der Waals surface area contributed by atoms with Gasteiger partial charge in [-0.1, -0.05) is 26.0 Å². The Morgan fingerprint density at radius 3 is 2.81 bits per heavy atom. The van der Waals surface area contributed by atoms with Crippen LogP contribution in [-0.4, -0.2) is 26.7 Å². The number of nitrogens with two attached hydrogens (primary N) is 1. The van der Waals surface area contributed by atoms with Crippen LogP contribution in [0, 0.1) is 5.92 Å². The standard InChI is InChI=1S/C15H21N5O/c1-10(2)7-13(16)15(21)18-12-6-4-5-11(8-12)14-19-17-9-20(14)3/h4-6,8-10,13H,7,16H2,1-3H3,(H,18,21)/t13-/m1/s1. The third-order valence-electron chi connectivity index (χ3n) is 3.16. The molecule has 21 heavy (non-hydrogen) atoms. The van der Waals surface area contributed by atoms with Crippen LogP contribution in [0.1, 0.15) is 20.3 Å². The summed E-state index contributed by atoms with van der Waals surface area (Å²) < 4.78 is 1.82. The molecule has 0 bridgehead atoms. The maximum atomic E-state index is 12.0. The zero-order chi connectivity index (χ0) is 15.4. The van der Waals surface area contributed by atoms with Crippen molar-refractivity contribution in [2.24, 2.45) is 18.7 Å². The van der Waals surface area contributed by atoms with Crippen molar-refractivity contribution >= 4 is 11.6 Å². The fourth-order valence-electron chi connectivity index (χ4n) is 2.13. The van der Waals surface area contributed by atoms with Crippen molar-refractivity contribution in [3.05, 3.63) is 30.6 Å². The lowest BCUT2D eigenvalue weighted by Crippen LogP contribution is -2.36. The monoisotopic (exact) mass is 287 g/mol. The first-order valence-corrected chi connectivity index (χ1v) is 6.98. The number of aryl methyl sites for hydroxylation is 1. The largest absolute Gasteiger partial charge is 0.325 e. The molecular weight excluding hydrogens is 266 g/mol. The molecule has 0 fully saturated rings. The second-order valence-corrected chi connectivity index (χ2v) is 5.57. The fourth-order valence-corrected chi connectivity index (χ4v) is 2.13. The summed E-state index contributed by atoms with van der Waals surface area (Å²) in [6.07, 6.45) is 2.30. The number of carbonyl (C=O) groups excluding carboxylic acids is 1. The lowest BCUT2D eigenvalue weighted by Gasteiger charge is -2.14. The molecule has 2 aromatic rings. The highest BCUT2D eigenvalue weighted by Crippen LogP contribution is 2.20. The summed E-state index contributed by atoms with van der Waals surface area (Å²) in [5.74, 6) is 0.965. The number of hydrogen-bond donors (Lipinski definition) is 2. The van der Waals surface area contributed by atoms with Gasteiger partial charge in [-0.05, 0) is 24.5 Å². The smallest absolute Gasteiger partial charge is 0.241 e. The normalized spacial score (nSPS) is 12.4. The Hall–Kier alpha value is -2.21. The van der Waals surface area contributed by atoms with E-state index < -0.39 is 6.04 Å². The molecule has 0 unspecified atom stereocenters. The Bertz CT molecular complexity index is 620. The van der Waals surface area contributed by atoms with Gasteiger partial charge in [0.2, 0.25) is 5.91 Å². The first-order chi connectivity index (χ1) is 9.97. The Balaban J connectivity index is 2.12. The highest BCUT2D eigenvalue weighted by atomic mass is 16.2. The highest BCUT2D eigenvalue weighted by molar-refractivity contribution is 5.95. The first-order valence-electron chi connectivity index (χ1n) is 6.98. The molecule has 2 rings (SSSR count). The van der Waals surface area contributed by atoms with Gasteiger partial charge in [-0.25, -0.2) is 0 Å². The molecule has 0 spiro atoms. The van der Waals surface area contributed by atoms with Crippen LogP contribution in [0.3, 0.4) is 0 Å². The number of aromatic nitrogens is 3. The van der Waals surface area contributed by atoms with Crippen molar-refractivity contribution in [2.45, 2.75) is 26.3 Å². The number of benzene rings is 1. The van der Waals surface area contributed by atoms with E-state index in [2.05, 4.69) is 15.5 Å². The molecule has 1 heterocycles.